The minimum absolute atomic E-state index is 1.26. The molecule has 0 aliphatic rings. The summed E-state index contributed by atoms with van der Waals surface area (Å²) < 4.78 is 0. The normalized spacial score (nSPS) is 10.6. The van der Waals surface area contributed by atoms with Crippen LogP contribution in [0.15, 0.2) is 18.2 Å². The summed E-state index contributed by atoms with van der Waals surface area (Å²) >= 11 is 0. The van der Waals surface area contributed by atoms with Crippen LogP contribution in [0.25, 0.3) is 0 Å². The van der Waals surface area contributed by atoms with Gasteiger partial charge in [0, 0.05) is 0 Å². The molecule has 0 heteroatoms. The molecule has 0 unspecified atom stereocenters. The fourth-order valence-corrected chi connectivity index (χ4v) is 1.99. The first-order valence-electron chi connectivity index (χ1n) is 6.30. The first-order valence-corrected chi connectivity index (χ1v) is 6.30. The SMILES string of the molecule is CCCCCCCc1cc(C)ccc1C. The molecule has 0 bridgehead atoms. The van der Waals surface area contributed by atoms with Gasteiger partial charge in [0.1, 0.15) is 0 Å². The molecule has 0 heterocycles. The predicted octanol–water partition coefficient (Wildman–Crippen LogP) is 4.82. The molecule has 1 rings (SSSR count). The lowest BCUT2D eigenvalue weighted by Crippen LogP contribution is -1.91. The molecule has 0 fully saturated rings. The number of rotatable bonds is 6. The van der Waals surface area contributed by atoms with Crippen LogP contribution in [0.1, 0.15) is 55.7 Å². The molecule has 1 aromatic rings. The van der Waals surface area contributed by atoms with E-state index in [0.717, 1.165) is 0 Å². The second kappa shape index (κ2) is 6.66. The van der Waals surface area contributed by atoms with Gasteiger partial charge in [0.05, 0.1) is 0 Å². The van der Waals surface area contributed by atoms with Crippen LogP contribution in [0.5, 0.6) is 0 Å². The molecule has 84 valence electrons. The van der Waals surface area contributed by atoms with E-state index in [1.807, 2.05) is 0 Å². The Bertz CT molecular complexity index is 286. The highest BCUT2D eigenvalue weighted by Gasteiger charge is 1.98. The topological polar surface area (TPSA) is 0 Å². The average molecular weight is 204 g/mol. The quantitative estimate of drug-likeness (QED) is 0.583. The molecular weight excluding hydrogens is 180 g/mol. The summed E-state index contributed by atoms with van der Waals surface area (Å²) in [6, 6.07) is 6.79. The predicted molar refractivity (Wildman–Crippen MR) is 68.4 cm³/mol. The van der Waals surface area contributed by atoms with Gasteiger partial charge in [0.2, 0.25) is 0 Å². The molecule has 0 amide bonds. The van der Waals surface area contributed by atoms with Crippen molar-refractivity contribution >= 4 is 0 Å². The molecule has 0 saturated carbocycles. The standard InChI is InChI=1S/C15H24/c1-4-5-6-7-8-9-15-12-13(2)10-11-14(15)3/h10-12H,4-9H2,1-3H3. The maximum absolute atomic E-state index is 2.34. The van der Waals surface area contributed by atoms with E-state index >= 15 is 0 Å². The van der Waals surface area contributed by atoms with E-state index < -0.39 is 0 Å². The third-order valence-corrected chi connectivity index (χ3v) is 3.05. The monoisotopic (exact) mass is 204 g/mol. The van der Waals surface area contributed by atoms with Gasteiger partial charge in [-0.15, -0.1) is 0 Å². The average Bonchev–Trinajstić information content (AvgIpc) is 2.23. The van der Waals surface area contributed by atoms with Crippen molar-refractivity contribution in [3.8, 4) is 0 Å². The number of hydrogen-bond donors (Lipinski definition) is 0. The summed E-state index contributed by atoms with van der Waals surface area (Å²) in [5.41, 5.74) is 4.40. The Labute approximate surface area is 94.7 Å². The molecule has 0 spiro atoms. The number of aryl methyl sites for hydroxylation is 3. The van der Waals surface area contributed by atoms with Crippen molar-refractivity contribution in [2.45, 2.75) is 59.3 Å². The fourth-order valence-electron chi connectivity index (χ4n) is 1.99. The van der Waals surface area contributed by atoms with E-state index in [1.165, 1.54) is 49.7 Å². The molecule has 0 aromatic heterocycles. The molecule has 0 aliphatic carbocycles. The highest BCUT2D eigenvalue weighted by atomic mass is 14.0. The summed E-state index contributed by atoms with van der Waals surface area (Å²) in [5.74, 6) is 0. The molecular formula is C15H24. The third kappa shape index (κ3) is 4.51. The number of unbranched alkanes of at least 4 members (excludes halogenated alkanes) is 4. The van der Waals surface area contributed by atoms with Crippen LogP contribution in [-0.4, -0.2) is 0 Å². The van der Waals surface area contributed by atoms with Crippen LogP contribution in [0.3, 0.4) is 0 Å². The van der Waals surface area contributed by atoms with Crippen LogP contribution in [-0.2, 0) is 6.42 Å². The summed E-state index contributed by atoms with van der Waals surface area (Å²) in [4.78, 5) is 0. The Hall–Kier alpha value is -0.780. The van der Waals surface area contributed by atoms with Crippen LogP contribution >= 0.6 is 0 Å². The van der Waals surface area contributed by atoms with E-state index in [9.17, 15) is 0 Å². The molecule has 0 atom stereocenters. The van der Waals surface area contributed by atoms with Crippen LogP contribution in [0.2, 0.25) is 0 Å². The van der Waals surface area contributed by atoms with Gasteiger partial charge in [0.15, 0.2) is 0 Å². The second-order valence-corrected chi connectivity index (χ2v) is 4.59. The van der Waals surface area contributed by atoms with E-state index in [-0.39, 0.29) is 0 Å². The van der Waals surface area contributed by atoms with E-state index in [4.69, 9.17) is 0 Å². The number of benzene rings is 1. The van der Waals surface area contributed by atoms with Gasteiger partial charge in [0.25, 0.3) is 0 Å². The highest BCUT2D eigenvalue weighted by molar-refractivity contribution is 5.30. The molecule has 0 N–H and O–H groups in total. The van der Waals surface area contributed by atoms with Gasteiger partial charge < -0.3 is 0 Å². The van der Waals surface area contributed by atoms with Gasteiger partial charge in [-0.2, -0.15) is 0 Å². The van der Waals surface area contributed by atoms with E-state index in [2.05, 4.69) is 39.0 Å². The van der Waals surface area contributed by atoms with Gasteiger partial charge in [-0.05, 0) is 37.8 Å². The maximum atomic E-state index is 2.34. The Balaban J connectivity index is 2.33. The van der Waals surface area contributed by atoms with Crippen molar-refractivity contribution in [2.75, 3.05) is 0 Å². The lowest BCUT2D eigenvalue weighted by molar-refractivity contribution is 0.631. The zero-order valence-electron chi connectivity index (χ0n) is 10.5. The van der Waals surface area contributed by atoms with E-state index in [0.29, 0.717) is 0 Å². The van der Waals surface area contributed by atoms with Gasteiger partial charge >= 0.3 is 0 Å². The van der Waals surface area contributed by atoms with Crippen LogP contribution in [0, 0.1) is 13.8 Å². The van der Waals surface area contributed by atoms with Crippen LogP contribution in [0.4, 0.5) is 0 Å². The molecule has 1 aromatic carbocycles. The fraction of sp³-hybridized carbons (Fsp3) is 0.600. The highest BCUT2D eigenvalue weighted by Crippen LogP contribution is 2.14. The summed E-state index contributed by atoms with van der Waals surface area (Å²) in [6.45, 7) is 6.67. The molecule has 0 nitrogen and oxygen atoms in total. The zero-order chi connectivity index (χ0) is 11.1. The first-order chi connectivity index (χ1) is 7.24. The van der Waals surface area contributed by atoms with Crippen molar-refractivity contribution in [2.24, 2.45) is 0 Å². The Morgan fingerprint density at radius 3 is 2.40 bits per heavy atom. The van der Waals surface area contributed by atoms with Gasteiger partial charge in [-0.3, -0.25) is 0 Å². The Morgan fingerprint density at radius 1 is 0.933 bits per heavy atom. The second-order valence-electron chi connectivity index (χ2n) is 4.59. The Kier molecular flexibility index (Phi) is 5.45. The Morgan fingerprint density at radius 2 is 1.67 bits per heavy atom. The molecule has 15 heavy (non-hydrogen) atoms. The summed E-state index contributed by atoms with van der Waals surface area (Å²) in [6.07, 6.45) is 8.14. The summed E-state index contributed by atoms with van der Waals surface area (Å²) in [5, 5.41) is 0. The van der Waals surface area contributed by atoms with Crippen molar-refractivity contribution in [3.63, 3.8) is 0 Å². The molecule has 0 aliphatic heterocycles. The lowest BCUT2D eigenvalue weighted by Gasteiger charge is -2.06. The zero-order valence-corrected chi connectivity index (χ0v) is 10.5. The minimum Gasteiger partial charge on any atom is -0.0654 e. The van der Waals surface area contributed by atoms with Gasteiger partial charge in [-0.25, -0.2) is 0 Å². The summed E-state index contributed by atoms with van der Waals surface area (Å²) in [7, 11) is 0. The minimum atomic E-state index is 1.26. The number of hydrogen-bond acceptors (Lipinski definition) is 0. The lowest BCUT2D eigenvalue weighted by atomic mass is 9.99. The van der Waals surface area contributed by atoms with Crippen molar-refractivity contribution in [1.29, 1.82) is 0 Å². The smallest absolute Gasteiger partial charge is 0.0276 e. The van der Waals surface area contributed by atoms with E-state index in [1.54, 1.807) is 5.56 Å². The van der Waals surface area contributed by atoms with Gasteiger partial charge in [-0.1, -0.05) is 56.4 Å². The van der Waals surface area contributed by atoms with Crippen molar-refractivity contribution < 1.29 is 0 Å². The molecule has 0 radical (unpaired) electrons. The van der Waals surface area contributed by atoms with Crippen molar-refractivity contribution in [3.05, 3.63) is 34.9 Å². The molecule has 0 saturated heterocycles. The van der Waals surface area contributed by atoms with Crippen molar-refractivity contribution in [1.82, 2.24) is 0 Å². The largest absolute Gasteiger partial charge is 0.0654 e. The first kappa shape index (κ1) is 12.3. The van der Waals surface area contributed by atoms with Crippen LogP contribution < -0.4 is 0 Å². The maximum Gasteiger partial charge on any atom is -0.0276 e. The third-order valence-electron chi connectivity index (χ3n) is 3.05.